The van der Waals surface area contributed by atoms with Crippen LogP contribution in [0.25, 0.3) is 0 Å². The number of rotatable bonds is 10. The maximum atomic E-state index is 13.8. The van der Waals surface area contributed by atoms with Crippen LogP contribution in [0.4, 0.5) is 11.4 Å². The van der Waals surface area contributed by atoms with Gasteiger partial charge >= 0.3 is 0 Å². The predicted molar refractivity (Wildman–Crippen MR) is 147 cm³/mol. The second-order valence-electron chi connectivity index (χ2n) is 8.80. The molecule has 1 saturated heterocycles. The summed E-state index contributed by atoms with van der Waals surface area (Å²) in [6.45, 7) is 0.479. The highest BCUT2D eigenvalue weighted by Gasteiger charge is 2.47. The summed E-state index contributed by atoms with van der Waals surface area (Å²) >= 11 is 0. The smallest absolute Gasteiger partial charge is 0.266 e. The van der Waals surface area contributed by atoms with E-state index < -0.39 is 6.17 Å². The van der Waals surface area contributed by atoms with Crippen molar-refractivity contribution in [1.29, 1.82) is 0 Å². The van der Waals surface area contributed by atoms with Crippen LogP contribution in [-0.2, 0) is 4.79 Å². The molecule has 1 aliphatic rings. The van der Waals surface area contributed by atoms with Crippen molar-refractivity contribution in [2.24, 2.45) is 0 Å². The SMILES string of the molecule is COc1ccc(N2C[C@@H](Oc3ccccc3)[C@@H]2N(C(=O)COc2ccccc2)c2ccc(OC)cc2)cc1. The lowest BCUT2D eigenvalue weighted by molar-refractivity contribution is -0.122. The fraction of sp³-hybridized carbons (Fsp3) is 0.194. The summed E-state index contributed by atoms with van der Waals surface area (Å²) in [7, 11) is 3.26. The first-order valence-corrected chi connectivity index (χ1v) is 12.4. The molecule has 7 nitrogen and oxygen atoms in total. The number of anilines is 2. The number of ether oxygens (including phenoxy) is 4. The molecule has 4 aromatic carbocycles. The van der Waals surface area contributed by atoms with E-state index in [9.17, 15) is 4.79 Å². The number of para-hydroxylation sites is 2. The zero-order chi connectivity index (χ0) is 26.3. The third kappa shape index (κ3) is 5.52. The molecule has 0 aromatic heterocycles. The summed E-state index contributed by atoms with van der Waals surface area (Å²) in [6, 6.07) is 34.2. The Kier molecular flexibility index (Phi) is 7.64. The summed E-state index contributed by atoms with van der Waals surface area (Å²) in [5.41, 5.74) is 1.68. The first-order valence-electron chi connectivity index (χ1n) is 12.4. The van der Waals surface area contributed by atoms with Gasteiger partial charge < -0.3 is 23.8 Å². The first-order chi connectivity index (χ1) is 18.7. The minimum Gasteiger partial charge on any atom is -0.497 e. The van der Waals surface area contributed by atoms with Crippen LogP contribution < -0.4 is 28.7 Å². The van der Waals surface area contributed by atoms with E-state index in [1.807, 2.05) is 109 Å². The Balaban J connectivity index is 1.49. The van der Waals surface area contributed by atoms with Gasteiger partial charge in [0.25, 0.3) is 5.91 Å². The van der Waals surface area contributed by atoms with Gasteiger partial charge in [-0.25, -0.2) is 0 Å². The van der Waals surface area contributed by atoms with Gasteiger partial charge in [-0.1, -0.05) is 36.4 Å². The van der Waals surface area contributed by atoms with Gasteiger partial charge in [-0.3, -0.25) is 9.69 Å². The van der Waals surface area contributed by atoms with Crippen molar-refractivity contribution in [3.63, 3.8) is 0 Å². The first kappa shape index (κ1) is 25.0. The zero-order valence-electron chi connectivity index (χ0n) is 21.4. The van der Waals surface area contributed by atoms with Crippen molar-refractivity contribution in [2.45, 2.75) is 12.3 Å². The van der Waals surface area contributed by atoms with Gasteiger partial charge in [0, 0.05) is 11.4 Å². The number of amides is 1. The van der Waals surface area contributed by atoms with Crippen LogP contribution in [0.2, 0.25) is 0 Å². The molecule has 0 unspecified atom stereocenters. The van der Waals surface area contributed by atoms with Gasteiger partial charge in [0.2, 0.25) is 0 Å². The van der Waals surface area contributed by atoms with Gasteiger partial charge in [-0.05, 0) is 72.8 Å². The summed E-state index contributed by atoms with van der Waals surface area (Å²) < 4.78 is 23.0. The predicted octanol–water partition coefficient (Wildman–Crippen LogP) is 5.41. The minimum atomic E-state index is -0.413. The Morgan fingerprint density at radius 1 is 0.737 bits per heavy atom. The van der Waals surface area contributed by atoms with E-state index in [0.29, 0.717) is 18.0 Å². The van der Waals surface area contributed by atoms with Gasteiger partial charge in [-0.2, -0.15) is 0 Å². The quantitative estimate of drug-likeness (QED) is 0.284. The topological polar surface area (TPSA) is 60.5 Å². The Hall–Kier alpha value is -4.65. The second-order valence-corrected chi connectivity index (χ2v) is 8.80. The molecular formula is C31H30N2O5. The highest BCUT2D eigenvalue weighted by molar-refractivity contribution is 5.96. The molecule has 1 amide bonds. The molecule has 7 heteroatoms. The Morgan fingerprint density at radius 3 is 1.87 bits per heavy atom. The highest BCUT2D eigenvalue weighted by atomic mass is 16.5. The molecule has 0 aliphatic carbocycles. The Bertz CT molecular complexity index is 1310. The lowest BCUT2D eigenvalue weighted by Gasteiger charge is -2.53. The number of carbonyl (C=O) groups is 1. The van der Waals surface area contributed by atoms with Crippen LogP contribution >= 0.6 is 0 Å². The van der Waals surface area contributed by atoms with E-state index in [0.717, 1.165) is 22.9 Å². The Morgan fingerprint density at radius 2 is 1.29 bits per heavy atom. The molecule has 0 saturated carbocycles. The van der Waals surface area contributed by atoms with E-state index in [2.05, 4.69) is 4.90 Å². The van der Waals surface area contributed by atoms with Crippen LogP contribution in [0.3, 0.4) is 0 Å². The number of methoxy groups -OCH3 is 2. The van der Waals surface area contributed by atoms with Crippen molar-refractivity contribution < 1.29 is 23.7 Å². The van der Waals surface area contributed by atoms with Crippen LogP contribution in [0, 0.1) is 0 Å². The fourth-order valence-electron chi connectivity index (χ4n) is 4.49. The van der Waals surface area contributed by atoms with E-state index in [-0.39, 0.29) is 18.6 Å². The highest BCUT2D eigenvalue weighted by Crippen LogP contribution is 2.36. The minimum absolute atomic E-state index is 0.124. The van der Waals surface area contributed by atoms with Crippen molar-refractivity contribution in [3.05, 3.63) is 109 Å². The maximum absolute atomic E-state index is 13.8. The van der Waals surface area contributed by atoms with E-state index in [1.54, 1.807) is 19.1 Å². The van der Waals surface area contributed by atoms with Gasteiger partial charge in [0.05, 0.1) is 20.8 Å². The average molecular weight is 511 g/mol. The molecule has 1 heterocycles. The van der Waals surface area contributed by atoms with Crippen LogP contribution in [0.15, 0.2) is 109 Å². The number of carbonyl (C=O) groups excluding carboxylic acids is 1. The summed E-state index contributed by atoms with van der Waals surface area (Å²) in [4.78, 5) is 17.8. The standard InChI is InChI=1S/C31H30N2O5/c1-35-25-17-13-23(14-18-25)32-21-29(38-28-11-7-4-8-12-28)31(32)33(24-15-19-26(36-2)20-16-24)30(34)22-37-27-9-5-3-6-10-27/h3-20,29,31H,21-22H2,1-2H3/t29-,31+/m1/s1. The van der Waals surface area contributed by atoms with Crippen LogP contribution in [0.5, 0.6) is 23.0 Å². The number of benzene rings is 4. The summed E-state index contributed by atoms with van der Waals surface area (Å²) in [6.07, 6.45) is -0.689. The normalized spacial score (nSPS) is 16.2. The number of hydrogen-bond acceptors (Lipinski definition) is 6. The van der Waals surface area contributed by atoms with E-state index in [4.69, 9.17) is 18.9 Å². The lowest BCUT2D eigenvalue weighted by Crippen LogP contribution is -2.71. The molecule has 194 valence electrons. The monoisotopic (exact) mass is 510 g/mol. The molecule has 4 aromatic rings. The number of nitrogens with zero attached hydrogens (tertiary/aromatic N) is 2. The molecule has 0 bridgehead atoms. The van der Waals surface area contributed by atoms with Gasteiger partial charge in [0.15, 0.2) is 12.7 Å². The van der Waals surface area contributed by atoms with Crippen molar-refractivity contribution in [2.75, 3.05) is 37.2 Å². The van der Waals surface area contributed by atoms with E-state index >= 15 is 0 Å². The third-order valence-electron chi connectivity index (χ3n) is 6.45. The van der Waals surface area contributed by atoms with Crippen molar-refractivity contribution >= 4 is 17.3 Å². The molecule has 0 radical (unpaired) electrons. The molecule has 38 heavy (non-hydrogen) atoms. The molecular weight excluding hydrogens is 480 g/mol. The van der Waals surface area contributed by atoms with Gasteiger partial charge in [0.1, 0.15) is 29.2 Å². The van der Waals surface area contributed by atoms with Crippen molar-refractivity contribution in [3.8, 4) is 23.0 Å². The Labute approximate surface area is 222 Å². The van der Waals surface area contributed by atoms with Crippen molar-refractivity contribution in [1.82, 2.24) is 0 Å². The second kappa shape index (κ2) is 11.6. The molecule has 0 N–H and O–H groups in total. The summed E-state index contributed by atoms with van der Waals surface area (Å²) in [5, 5.41) is 0. The van der Waals surface area contributed by atoms with Gasteiger partial charge in [-0.15, -0.1) is 0 Å². The molecule has 0 spiro atoms. The average Bonchev–Trinajstić information content (AvgIpc) is 2.98. The van der Waals surface area contributed by atoms with Crippen LogP contribution in [0.1, 0.15) is 0 Å². The van der Waals surface area contributed by atoms with Crippen LogP contribution in [-0.4, -0.2) is 45.5 Å². The fourth-order valence-corrected chi connectivity index (χ4v) is 4.49. The third-order valence-corrected chi connectivity index (χ3v) is 6.45. The lowest BCUT2D eigenvalue weighted by atomic mass is 10.0. The van der Waals surface area contributed by atoms with E-state index in [1.165, 1.54) is 0 Å². The molecule has 1 aliphatic heterocycles. The zero-order valence-corrected chi connectivity index (χ0v) is 21.4. The largest absolute Gasteiger partial charge is 0.497 e. The molecule has 1 fully saturated rings. The maximum Gasteiger partial charge on any atom is 0.266 e. The summed E-state index contributed by atoms with van der Waals surface area (Å²) in [5.74, 6) is 2.67. The number of hydrogen-bond donors (Lipinski definition) is 0. The molecule has 5 rings (SSSR count). The molecule has 2 atom stereocenters.